The lowest BCUT2D eigenvalue weighted by Gasteiger charge is -2.23. The molecule has 0 heterocycles. The molecule has 0 radical (unpaired) electrons. The van der Waals surface area contributed by atoms with Gasteiger partial charge in [-0.2, -0.15) is 0 Å². The van der Waals surface area contributed by atoms with Crippen LogP contribution in [0.2, 0.25) is 0 Å². The van der Waals surface area contributed by atoms with Gasteiger partial charge in [0.05, 0.1) is 24.5 Å². The molecule has 2 aliphatic rings. The van der Waals surface area contributed by atoms with Crippen molar-refractivity contribution in [3.05, 3.63) is 42.0 Å². The number of hydrogen-bond donors (Lipinski definition) is 2. The maximum Gasteiger partial charge on any atom is 0.337 e. The van der Waals surface area contributed by atoms with E-state index < -0.39 is 23.8 Å². The van der Waals surface area contributed by atoms with Crippen LogP contribution in [0.25, 0.3) is 0 Å². The van der Waals surface area contributed by atoms with Gasteiger partial charge in [0.2, 0.25) is 5.91 Å². The smallest absolute Gasteiger partial charge is 0.337 e. The summed E-state index contributed by atoms with van der Waals surface area (Å²) in [6.07, 6.45) is 4.56. The van der Waals surface area contributed by atoms with Crippen LogP contribution in [0.15, 0.2) is 36.4 Å². The zero-order chi connectivity index (χ0) is 16.6. The number of carbonyl (C=O) groups excluding carboxylic acids is 2. The van der Waals surface area contributed by atoms with Crippen LogP contribution in [-0.4, -0.2) is 30.1 Å². The summed E-state index contributed by atoms with van der Waals surface area (Å²) in [6.45, 7) is 0. The van der Waals surface area contributed by atoms with Crippen LogP contribution in [0.5, 0.6) is 0 Å². The van der Waals surface area contributed by atoms with E-state index in [-0.39, 0.29) is 17.7 Å². The molecule has 3 rings (SSSR count). The standard InChI is InChI=1S/C17H17NO5/c1-23-17(22)9-4-6-12(7-5-9)18-15(19)13-10-2-3-11(8-10)14(13)16(20)21/h2-7,10-11,13-14H,8H2,1H3,(H,18,19)(H,20,21)/t10-,11-,13-,14-/m0/s1. The van der Waals surface area contributed by atoms with Gasteiger partial charge >= 0.3 is 11.9 Å². The van der Waals surface area contributed by atoms with Gasteiger partial charge < -0.3 is 15.2 Å². The average molecular weight is 315 g/mol. The summed E-state index contributed by atoms with van der Waals surface area (Å²) < 4.78 is 4.61. The van der Waals surface area contributed by atoms with Crippen molar-refractivity contribution in [1.29, 1.82) is 0 Å². The van der Waals surface area contributed by atoms with Crippen LogP contribution < -0.4 is 5.32 Å². The van der Waals surface area contributed by atoms with Crippen molar-refractivity contribution in [3.63, 3.8) is 0 Å². The summed E-state index contributed by atoms with van der Waals surface area (Å²) in [5, 5.41) is 12.1. The first-order valence-electron chi connectivity index (χ1n) is 7.41. The summed E-state index contributed by atoms with van der Waals surface area (Å²) >= 11 is 0. The molecule has 2 bridgehead atoms. The number of hydrogen-bond acceptors (Lipinski definition) is 4. The van der Waals surface area contributed by atoms with E-state index in [0.29, 0.717) is 11.3 Å². The van der Waals surface area contributed by atoms with E-state index in [1.807, 2.05) is 12.2 Å². The number of ether oxygens (including phenoxy) is 1. The lowest BCUT2D eigenvalue weighted by Crippen LogP contribution is -2.36. The third kappa shape index (κ3) is 2.72. The maximum atomic E-state index is 12.5. The number of esters is 1. The summed E-state index contributed by atoms with van der Waals surface area (Å²) in [7, 11) is 1.30. The van der Waals surface area contributed by atoms with Crippen LogP contribution in [-0.2, 0) is 14.3 Å². The first-order valence-corrected chi connectivity index (χ1v) is 7.41. The van der Waals surface area contributed by atoms with Crippen molar-refractivity contribution in [2.75, 3.05) is 12.4 Å². The minimum absolute atomic E-state index is 0.0181. The van der Waals surface area contributed by atoms with Gasteiger partial charge in [0.1, 0.15) is 0 Å². The highest BCUT2D eigenvalue weighted by Crippen LogP contribution is 2.48. The second-order valence-corrected chi connectivity index (χ2v) is 5.90. The summed E-state index contributed by atoms with van der Waals surface area (Å²) in [4.78, 5) is 35.3. The Bertz CT molecular complexity index is 679. The highest BCUT2D eigenvalue weighted by Gasteiger charge is 2.51. The molecule has 6 nitrogen and oxygen atoms in total. The van der Waals surface area contributed by atoms with Crippen LogP contribution >= 0.6 is 0 Å². The van der Waals surface area contributed by atoms with E-state index in [1.54, 1.807) is 24.3 Å². The van der Waals surface area contributed by atoms with Gasteiger partial charge in [0.25, 0.3) is 0 Å². The minimum Gasteiger partial charge on any atom is -0.481 e. The van der Waals surface area contributed by atoms with Gasteiger partial charge in [0, 0.05) is 5.69 Å². The number of amides is 1. The molecular weight excluding hydrogens is 298 g/mol. The molecule has 2 N–H and O–H groups in total. The molecule has 0 spiro atoms. The fourth-order valence-electron chi connectivity index (χ4n) is 3.55. The molecule has 1 fully saturated rings. The molecule has 23 heavy (non-hydrogen) atoms. The SMILES string of the molecule is COC(=O)c1ccc(NC(=O)[C@@H]2[C@@H](C(=O)O)[C@H]3C=C[C@H]2C3)cc1. The number of aliphatic carboxylic acids is 1. The molecule has 0 aliphatic heterocycles. The Balaban J connectivity index is 1.73. The molecular formula is C17H17NO5. The van der Waals surface area contributed by atoms with E-state index in [2.05, 4.69) is 10.1 Å². The number of fused-ring (bicyclic) bond motifs is 2. The number of carbonyl (C=O) groups is 3. The number of benzene rings is 1. The van der Waals surface area contributed by atoms with E-state index in [4.69, 9.17) is 0 Å². The second-order valence-electron chi connectivity index (χ2n) is 5.90. The van der Waals surface area contributed by atoms with Crippen LogP contribution in [0.3, 0.4) is 0 Å². The Morgan fingerprint density at radius 2 is 1.70 bits per heavy atom. The summed E-state index contributed by atoms with van der Waals surface area (Å²) in [5.41, 5.74) is 0.912. The number of methoxy groups -OCH3 is 1. The van der Waals surface area contributed by atoms with Crippen molar-refractivity contribution in [2.45, 2.75) is 6.42 Å². The molecule has 0 saturated heterocycles. The van der Waals surface area contributed by atoms with Gasteiger partial charge in [-0.05, 0) is 42.5 Å². The highest BCUT2D eigenvalue weighted by molar-refractivity contribution is 5.97. The van der Waals surface area contributed by atoms with Gasteiger partial charge in [-0.15, -0.1) is 0 Å². The number of nitrogens with one attached hydrogen (secondary N) is 1. The third-order valence-electron chi connectivity index (χ3n) is 4.62. The fourth-order valence-corrected chi connectivity index (χ4v) is 3.55. The molecule has 1 aromatic carbocycles. The average Bonchev–Trinajstić information content (AvgIpc) is 3.15. The molecule has 6 heteroatoms. The van der Waals surface area contributed by atoms with Crippen molar-refractivity contribution in [3.8, 4) is 0 Å². The quantitative estimate of drug-likeness (QED) is 0.654. The Kier molecular flexibility index (Phi) is 3.90. The highest BCUT2D eigenvalue weighted by atomic mass is 16.5. The number of allylic oxidation sites excluding steroid dienone is 2. The van der Waals surface area contributed by atoms with Gasteiger partial charge in [-0.3, -0.25) is 9.59 Å². The van der Waals surface area contributed by atoms with Crippen LogP contribution in [0.1, 0.15) is 16.8 Å². The Morgan fingerprint density at radius 3 is 2.26 bits per heavy atom. The predicted molar refractivity (Wildman–Crippen MR) is 81.8 cm³/mol. The van der Waals surface area contributed by atoms with E-state index in [9.17, 15) is 19.5 Å². The Hall–Kier alpha value is -2.63. The second kappa shape index (κ2) is 5.87. The first kappa shape index (κ1) is 15.3. The first-order chi connectivity index (χ1) is 11.0. The molecule has 0 aromatic heterocycles. The van der Waals surface area contributed by atoms with Crippen LogP contribution in [0, 0.1) is 23.7 Å². The van der Waals surface area contributed by atoms with E-state index in [1.165, 1.54) is 7.11 Å². The van der Waals surface area contributed by atoms with Crippen molar-refractivity contribution >= 4 is 23.5 Å². The number of carboxylic acid groups (broad SMARTS) is 1. The number of carboxylic acids is 1. The predicted octanol–water partition coefficient (Wildman–Crippen LogP) is 1.93. The molecule has 1 aromatic rings. The molecule has 120 valence electrons. The molecule has 0 unspecified atom stereocenters. The molecule has 1 saturated carbocycles. The molecule has 4 atom stereocenters. The molecule has 1 amide bonds. The fraction of sp³-hybridized carbons (Fsp3) is 0.353. The van der Waals surface area contributed by atoms with Crippen LogP contribution in [0.4, 0.5) is 5.69 Å². The summed E-state index contributed by atoms with van der Waals surface area (Å²) in [6, 6.07) is 6.31. The Labute approximate surface area is 133 Å². The zero-order valence-corrected chi connectivity index (χ0v) is 12.6. The summed E-state index contributed by atoms with van der Waals surface area (Å²) in [5.74, 6) is -2.97. The van der Waals surface area contributed by atoms with Gasteiger partial charge in [-0.1, -0.05) is 12.2 Å². The maximum absolute atomic E-state index is 12.5. The third-order valence-corrected chi connectivity index (χ3v) is 4.62. The lowest BCUT2D eigenvalue weighted by molar-refractivity contribution is -0.146. The molecule has 2 aliphatic carbocycles. The largest absolute Gasteiger partial charge is 0.481 e. The minimum atomic E-state index is -0.928. The van der Waals surface area contributed by atoms with Crippen molar-refractivity contribution in [1.82, 2.24) is 0 Å². The number of rotatable bonds is 4. The number of anilines is 1. The zero-order valence-electron chi connectivity index (χ0n) is 12.6. The van der Waals surface area contributed by atoms with Crippen molar-refractivity contribution in [2.24, 2.45) is 23.7 Å². The normalized spacial score (nSPS) is 27.7. The Morgan fingerprint density at radius 1 is 1.09 bits per heavy atom. The lowest BCUT2D eigenvalue weighted by atomic mass is 9.82. The van der Waals surface area contributed by atoms with E-state index >= 15 is 0 Å². The van der Waals surface area contributed by atoms with Gasteiger partial charge in [-0.25, -0.2) is 4.79 Å². The van der Waals surface area contributed by atoms with Gasteiger partial charge in [0.15, 0.2) is 0 Å². The topological polar surface area (TPSA) is 92.7 Å². The van der Waals surface area contributed by atoms with E-state index in [0.717, 1.165) is 6.42 Å². The monoisotopic (exact) mass is 315 g/mol. The van der Waals surface area contributed by atoms with Crippen molar-refractivity contribution < 1.29 is 24.2 Å².